The van der Waals surface area contributed by atoms with E-state index in [4.69, 9.17) is 10.5 Å². The van der Waals surface area contributed by atoms with Crippen molar-refractivity contribution in [2.75, 3.05) is 19.7 Å². The first-order chi connectivity index (χ1) is 9.00. The quantitative estimate of drug-likeness (QED) is 0.899. The molecule has 2 unspecified atom stereocenters. The fourth-order valence-corrected chi connectivity index (χ4v) is 2.38. The van der Waals surface area contributed by atoms with Crippen LogP contribution in [0.3, 0.4) is 0 Å². The predicted octanol–water partition coefficient (Wildman–Crippen LogP) is 1.78. The molecule has 0 bridgehead atoms. The summed E-state index contributed by atoms with van der Waals surface area (Å²) in [5.41, 5.74) is 5.85. The summed E-state index contributed by atoms with van der Waals surface area (Å²) in [5.74, 6) is -0.857. The van der Waals surface area contributed by atoms with Crippen LogP contribution < -0.4 is 5.73 Å². The van der Waals surface area contributed by atoms with Gasteiger partial charge in [-0.25, -0.2) is 4.39 Å². The number of hydrogen-bond donors (Lipinski definition) is 1. The van der Waals surface area contributed by atoms with E-state index in [1.807, 2.05) is 6.92 Å². The molecule has 0 aromatic heterocycles. The van der Waals surface area contributed by atoms with Crippen molar-refractivity contribution in [3.8, 4) is 0 Å². The number of amides is 1. The predicted molar refractivity (Wildman–Crippen MR) is 73.4 cm³/mol. The summed E-state index contributed by atoms with van der Waals surface area (Å²) < 4.78 is 19.7. The van der Waals surface area contributed by atoms with Crippen molar-refractivity contribution in [3.05, 3.63) is 34.1 Å². The fraction of sp³-hybridized carbons (Fsp3) is 0.462. The molecule has 1 aromatic rings. The molecule has 1 fully saturated rings. The van der Waals surface area contributed by atoms with Gasteiger partial charge in [-0.1, -0.05) is 6.07 Å². The van der Waals surface area contributed by atoms with Gasteiger partial charge in [0.1, 0.15) is 5.82 Å². The molecular formula is C13H16BrFN2O2. The SMILES string of the molecule is CC(N)C1CN(C(=O)c2cccc(Br)c2F)CCO1. The molecule has 1 heterocycles. The molecule has 0 spiro atoms. The Bertz CT molecular complexity index is 482. The van der Waals surface area contributed by atoms with Gasteiger partial charge in [-0.05, 0) is 35.0 Å². The summed E-state index contributed by atoms with van der Waals surface area (Å²) in [6.07, 6.45) is -0.201. The van der Waals surface area contributed by atoms with Crippen LogP contribution in [0.2, 0.25) is 0 Å². The Morgan fingerprint density at radius 2 is 2.37 bits per heavy atom. The van der Waals surface area contributed by atoms with Crippen molar-refractivity contribution in [1.29, 1.82) is 0 Å². The minimum atomic E-state index is -0.531. The lowest BCUT2D eigenvalue weighted by atomic mass is 10.1. The van der Waals surface area contributed by atoms with Gasteiger partial charge in [-0.3, -0.25) is 4.79 Å². The molecule has 1 aliphatic heterocycles. The first-order valence-corrected chi connectivity index (χ1v) is 6.90. The number of carbonyl (C=O) groups is 1. The van der Waals surface area contributed by atoms with Gasteiger partial charge in [0.15, 0.2) is 0 Å². The lowest BCUT2D eigenvalue weighted by Crippen LogP contribution is -2.51. The Balaban J connectivity index is 2.17. The molecule has 1 amide bonds. The van der Waals surface area contributed by atoms with Crippen molar-refractivity contribution in [2.45, 2.75) is 19.1 Å². The molecule has 19 heavy (non-hydrogen) atoms. The van der Waals surface area contributed by atoms with Crippen LogP contribution in [0, 0.1) is 5.82 Å². The van der Waals surface area contributed by atoms with Crippen LogP contribution in [0.1, 0.15) is 17.3 Å². The van der Waals surface area contributed by atoms with E-state index in [2.05, 4.69) is 15.9 Å². The fourth-order valence-electron chi connectivity index (χ4n) is 2.02. The molecule has 0 radical (unpaired) electrons. The monoisotopic (exact) mass is 330 g/mol. The molecule has 4 nitrogen and oxygen atoms in total. The van der Waals surface area contributed by atoms with E-state index in [0.29, 0.717) is 19.7 Å². The lowest BCUT2D eigenvalue weighted by molar-refractivity contribution is -0.0301. The average Bonchev–Trinajstić information content (AvgIpc) is 2.41. The van der Waals surface area contributed by atoms with Crippen molar-refractivity contribution in [3.63, 3.8) is 0 Å². The van der Waals surface area contributed by atoms with Crippen LogP contribution in [0.15, 0.2) is 22.7 Å². The number of carbonyl (C=O) groups excluding carboxylic acids is 1. The number of ether oxygens (including phenoxy) is 1. The van der Waals surface area contributed by atoms with Crippen molar-refractivity contribution < 1.29 is 13.9 Å². The van der Waals surface area contributed by atoms with Crippen LogP contribution in [-0.4, -0.2) is 42.6 Å². The van der Waals surface area contributed by atoms with Gasteiger partial charge in [0.25, 0.3) is 5.91 Å². The second-order valence-corrected chi connectivity index (χ2v) is 5.48. The highest BCUT2D eigenvalue weighted by atomic mass is 79.9. The maximum Gasteiger partial charge on any atom is 0.257 e. The molecular weight excluding hydrogens is 315 g/mol. The van der Waals surface area contributed by atoms with Crippen LogP contribution in [0.5, 0.6) is 0 Å². The van der Waals surface area contributed by atoms with E-state index < -0.39 is 5.82 Å². The third kappa shape index (κ3) is 3.13. The van der Waals surface area contributed by atoms with Crippen molar-refractivity contribution >= 4 is 21.8 Å². The van der Waals surface area contributed by atoms with Crippen molar-refractivity contribution in [1.82, 2.24) is 4.90 Å². The summed E-state index contributed by atoms with van der Waals surface area (Å²) >= 11 is 3.08. The van der Waals surface area contributed by atoms with Crippen LogP contribution in [-0.2, 0) is 4.74 Å². The van der Waals surface area contributed by atoms with Gasteiger partial charge >= 0.3 is 0 Å². The summed E-state index contributed by atoms with van der Waals surface area (Å²) in [5, 5.41) is 0. The smallest absolute Gasteiger partial charge is 0.257 e. The summed E-state index contributed by atoms with van der Waals surface area (Å²) in [4.78, 5) is 13.9. The molecule has 1 aromatic carbocycles. The molecule has 2 atom stereocenters. The highest BCUT2D eigenvalue weighted by molar-refractivity contribution is 9.10. The molecule has 104 valence electrons. The van der Waals surface area contributed by atoms with Crippen LogP contribution in [0.25, 0.3) is 0 Å². The standard InChI is InChI=1S/C13H16BrFN2O2/c1-8(16)11-7-17(5-6-19-11)13(18)9-3-2-4-10(14)12(9)15/h2-4,8,11H,5-7,16H2,1H3. The molecule has 2 rings (SSSR count). The van der Waals surface area contributed by atoms with E-state index in [1.54, 1.807) is 17.0 Å². The zero-order valence-electron chi connectivity index (χ0n) is 10.6. The topological polar surface area (TPSA) is 55.6 Å². The summed E-state index contributed by atoms with van der Waals surface area (Å²) in [6.45, 7) is 3.10. The Labute approximate surface area is 119 Å². The molecule has 1 saturated heterocycles. The molecule has 1 aliphatic rings. The first-order valence-electron chi connectivity index (χ1n) is 6.11. The second-order valence-electron chi connectivity index (χ2n) is 4.62. The third-order valence-corrected chi connectivity index (χ3v) is 3.76. The van der Waals surface area contributed by atoms with Gasteiger partial charge in [0, 0.05) is 19.1 Å². The summed E-state index contributed by atoms with van der Waals surface area (Å²) in [6, 6.07) is 4.53. The van der Waals surface area contributed by atoms with Crippen LogP contribution in [0.4, 0.5) is 4.39 Å². The lowest BCUT2D eigenvalue weighted by Gasteiger charge is -2.34. The van der Waals surface area contributed by atoms with Crippen molar-refractivity contribution in [2.24, 2.45) is 5.73 Å². The number of hydrogen-bond acceptors (Lipinski definition) is 3. The van der Waals surface area contributed by atoms with Gasteiger partial charge in [0.2, 0.25) is 0 Å². The number of nitrogens with zero attached hydrogens (tertiary/aromatic N) is 1. The van der Waals surface area contributed by atoms with Gasteiger partial charge < -0.3 is 15.4 Å². The minimum absolute atomic E-state index is 0.0692. The minimum Gasteiger partial charge on any atom is -0.373 e. The highest BCUT2D eigenvalue weighted by Gasteiger charge is 2.28. The Kier molecular flexibility index (Phi) is 4.54. The Hall–Kier alpha value is -0.980. The number of nitrogens with two attached hydrogens (primary N) is 1. The van der Waals surface area contributed by atoms with E-state index in [1.165, 1.54) is 6.07 Å². The van der Waals surface area contributed by atoms with E-state index in [9.17, 15) is 9.18 Å². The first kappa shape index (κ1) is 14.4. The average molecular weight is 331 g/mol. The van der Waals surface area contributed by atoms with E-state index in [-0.39, 0.29) is 28.1 Å². The van der Waals surface area contributed by atoms with Gasteiger partial charge in [0.05, 0.1) is 22.7 Å². The number of morpholine rings is 1. The van der Waals surface area contributed by atoms with Crippen LogP contribution >= 0.6 is 15.9 Å². The normalized spacial score (nSPS) is 21.3. The Morgan fingerprint density at radius 3 is 3.05 bits per heavy atom. The molecule has 6 heteroatoms. The van der Waals surface area contributed by atoms with E-state index >= 15 is 0 Å². The van der Waals surface area contributed by atoms with Gasteiger partial charge in [-0.2, -0.15) is 0 Å². The van der Waals surface area contributed by atoms with E-state index in [0.717, 1.165) is 0 Å². The third-order valence-electron chi connectivity index (χ3n) is 3.15. The van der Waals surface area contributed by atoms with Gasteiger partial charge in [-0.15, -0.1) is 0 Å². The zero-order chi connectivity index (χ0) is 14.0. The zero-order valence-corrected chi connectivity index (χ0v) is 12.2. The summed E-state index contributed by atoms with van der Waals surface area (Å²) in [7, 11) is 0. The number of rotatable bonds is 2. The molecule has 0 saturated carbocycles. The Morgan fingerprint density at radius 1 is 1.63 bits per heavy atom. The maximum absolute atomic E-state index is 13.9. The number of benzene rings is 1. The molecule has 2 N–H and O–H groups in total. The molecule has 0 aliphatic carbocycles. The maximum atomic E-state index is 13.9. The highest BCUT2D eigenvalue weighted by Crippen LogP contribution is 2.21. The number of halogens is 2. The second kappa shape index (κ2) is 5.98. The largest absolute Gasteiger partial charge is 0.373 e.